The van der Waals surface area contributed by atoms with E-state index in [4.69, 9.17) is 10.5 Å². The first-order chi connectivity index (χ1) is 8.17. The molecule has 94 valence electrons. The van der Waals surface area contributed by atoms with E-state index in [1.807, 2.05) is 19.1 Å². The Labute approximate surface area is 101 Å². The molecule has 17 heavy (non-hydrogen) atoms. The third-order valence-electron chi connectivity index (χ3n) is 2.37. The Kier molecular flexibility index (Phi) is 5.42. The van der Waals surface area contributed by atoms with E-state index in [-0.39, 0.29) is 5.91 Å². The molecular formula is C12H19N3O2. The van der Waals surface area contributed by atoms with Crippen LogP contribution >= 0.6 is 0 Å². The zero-order valence-corrected chi connectivity index (χ0v) is 10.3. The number of pyridine rings is 1. The van der Waals surface area contributed by atoms with Crippen molar-refractivity contribution in [3.05, 3.63) is 23.9 Å². The number of hydrogen-bond acceptors (Lipinski definition) is 4. The standard InChI is InChI=1S/C12H19N3O2/c1-3-5-10(13)12(16)14-8-9-6-4-7-11(15-9)17-2/h4,6-7,10H,3,5,8,13H2,1-2H3,(H,14,16). The zero-order chi connectivity index (χ0) is 12.7. The molecule has 0 spiro atoms. The predicted molar refractivity (Wildman–Crippen MR) is 65.5 cm³/mol. The van der Waals surface area contributed by atoms with Gasteiger partial charge < -0.3 is 15.8 Å². The number of nitrogens with two attached hydrogens (primary N) is 1. The van der Waals surface area contributed by atoms with E-state index in [0.717, 1.165) is 12.1 Å². The lowest BCUT2D eigenvalue weighted by Gasteiger charge is -2.11. The van der Waals surface area contributed by atoms with E-state index in [1.54, 1.807) is 13.2 Å². The largest absolute Gasteiger partial charge is 0.481 e. The van der Waals surface area contributed by atoms with Crippen molar-refractivity contribution >= 4 is 5.91 Å². The maximum Gasteiger partial charge on any atom is 0.237 e. The third-order valence-corrected chi connectivity index (χ3v) is 2.37. The zero-order valence-electron chi connectivity index (χ0n) is 10.3. The van der Waals surface area contributed by atoms with Crippen molar-refractivity contribution in [3.63, 3.8) is 0 Å². The van der Waals surface area contributed by atoms with Gasteiger partial charge in [-0.1, -0.05) is 19.4 Å². The van der Waals surface area contributed by atoms with Gasteiger partial charge in [0.15, 0.2) is 0 Å². The summed E-state index contributed by atoms with van der Waals surface area (Å²) in [7, 11) is 1.56. The van der Waals surface area contributed by atoms with Gasteiger partial charge in [0.2, 0.25) is 11.8 Å². The molecule has 0 saturated carbocycles. The van der Waals surface area contributed by atoms with Gasteiger partial charge in [-0.25, -0.2) is 4.98 Å². The summed E-state index contributed by atoms with van der Waals surface area (Å²) in [5.41, 5.74) is 6.44. The van der Waals surface area contributed by atoms with Crippen molar-refractivity contribution < 1.29 is 9.53 Å². The number of hydrogen-bond donors (Lipinski definition) is 2. The van der Waals surface area contributed by atoms with Crippen LogP contribution in [-0.2, 0) is 11.3 Å². The fraction of sp³-hybridized carbons (Fsp3) is 0.500. The number of methoxy groups -OCH3 is 1. The molecule has 0 radical (unpaired) electrons. The summed E-state index contributed by atoms with van der Waals surface area (Å²) >= 11 is 0. The van der Waals surface area contributed by atoms with Gasteiger partial charge in [0.1, 0.15) is 0 Å². The van der Waals surface area contributed by atoms with Crippen molar-refractivity contribution in [2.24, 2.45) is 5.73 Å². The number of aromatic nitrogens is 1. The van der Waals surface area contributed by atoms with Crippen LogP contribution in [0.25, 0.3) is 0 Å². The summed E-state index contributed by atoms with van der Waals surface area (Å²) in [6, 6.07) is 4.98. The van der Waals surface area contributed by atoms with Gasteiger partial charge in [0.05, 0.1) is 25.4 Å². The molecule has 1 heterocycles. The number of nitrogens with zero attached hydrogens (tertiary/aromatic N) is 1. The molecule has 1 unspecified atom stereocenters. The summed E-state index contributed by atoms with van der Waals surface area (Å²) in [6.45, 7) is 2.37. The van der Waals surface area contributed by atoms with E-state index < -0.39 is 6.04 Å². The highest BCUT2D eigenvalue weighted by Gasteiger charge is 2.11. The summed E-state index contributed by atoms with van der Waals surface area (Å²) in [5, 5.41) is 2.75. The summed E-state index contributed by atoms with van der Waals surface area (Å²) in [4.78, 5) is 15.8. The first kappa shape index (κ1) is 13.4. The smallest absolute Gasteiger partial charge is 0.237 e. The van der Waals surface area contributed by atoms with Crippen LogP contribution in [0.5, 0.6) is 5.88 Å². The van der Waals surface area contributed by atoms with E-state index in [9.17, 15) is 4.79 Å². The van der Waals surface area contributed by atoms with Gasteiger partial charge in [-0.05, 0) is 12.5 Å². The molecule has 1 atom stereocenters. The average molecular weight is 237 g/mol. The fourth-order valence-corrected chi connectivity index (χ4v) is 1.42. The molecule has 1 amide bonds. The second kappa shape index (κ2) is 6.85. The molecule has 0 aliphatic heterocycles. The molecule has 1 aromatic rings. The number of amides is 1. The minimum absolute atomic E-state index is 0.142. The van der Waals surface area contributed by atoms with Crippen LogP contribution < -0.4 is 15.8 Å². The Morgan fingerprint density at radius 3 is 3.00 bits per heavy atom. The molecular weight excluding hydrogens is 218 g/mol. The highest BCUT2D eigenvalue weighted by molar-refractivity contribution is 5.81. The maximum absolute atomic E-state index is 11.6. The molecule has 5 heteroatoms. The second-order valence-electron chi connectivity index (χ2n) is 3.78. The van der Waals surface area contributed by atoms with Crippen LogP contribution in [-0.4, -0.2) is 24.0 Å². The normalized spacial score (nSPS) is 11.9. The van der Waals surface area contributed by atoms with Gasteiger partial charge >= 0.3 is 0 Å². The van der Waals surface area contributed by atoms with Crippen molar-refractivity contribution in [3.8, 4) is 5.88 Å². The Balaban J connectivity index is 2.46. The lowest BCUT2D eigenvalue weighted by Crippen LogP contribution is -2.40. The molecule has 0 bridgehead atoms. The summed E-state index contributed by atoms with van der Waals surface area (Å²) in [5.74, 6) is 0.395. The number of nitrogens with one attached hydrogen (secondary N) is 1. The highest BCUT2D eigenvalue weighted by atomic mass is 16.5. The van der Waals surface area contributed by atoms with Gasteiger partial charge in [-0.2, -0.15) is 0 Å². The van der Waals surface area contributed by atoms with Crippen LogP contribution in [0.1, 0.15) is 25.5 Å². The van der Waals surface area contributed by atoms with Crippen molar-refractivity contribution in [1.82, 2.24) is 10.3 Å². The maximum atomic E-state index is 11.6. The van der Waals surface area contributed by atoms with Crippen molar-refractivity contribution in [2.75, 3.05) is 7.11 Å². The van der Waals surface area contributed by atoms with E-state index >= 15 is 0 Å². The molecule has 1 aromatic heterocycles. The second-order valence-corrected chi connectivity index (χ2v) is 3.78. The molecule has 0 fully saturated rings. The monoisotopic (exact) mass is 237 g/mol. The van der Waals surface area contributed by atoms with Gasteiger partial charge in [-0.15, -0.1) is 0 Å². The van der Waals surface area contributed by atoms with Crippen LogP contribution in [0, 0.1) is 0 Å². The quantitative estimate of drug-likeness (QED) is 0.768. The molecule has 0 aliphatic rings. The van der Waals surface area contributed by atoms with E-state index in [2.05, 4.69) is 10.3 Å². The number of carbonyl (C=O) groups is 1. The minimum Gasteiger partial charge on any atom is -0.481 e. The average Bonchev–Trinajstić information content (AvgIpc) is 2.36. The van der Waals surface area contributed by atoms with Crippen LogP contribution in [0.2, 0.25) is 0 Å². The first-order valence-electron chi connectivity index (χ1n) is 5.70. The van der Waals surface area contributed by atoms with E-state index in [0.29, 0.717) is 18.8 Å². The first-order valence-corrected chi connectivity index (χ1v) is 5.70. The van der Waals surface area contributed by atoms with Gasteiger partial charge in [0.25, 0.3) is 0 Å². The Hall–Kier alpha value is -1.62. The Morgan fingerprint density at radius 1 is 1.59 bits per heavy atom. The fourth-order valence-electron chi connectivity index (χ4n) is 1.42. The topological polar surface area (TPSA) is 77.2 Å². The van der Waals surface area contributed by atoms with Gasteiger partial charge in [0, 0.05) is 6.07 Å². The number of carbonyl (C=O) groups excluding carboxylic acids is 1. The molecule has 0 saturated heterocycles. The Morgan fingerprint density at radius 2 is 2.35 bits per heavy atom. The lowest BCUT2D eigenvalue weighted by molar-refractivity contribution is -0.122. The van der Waals surface area contributed by atoms with Crippen molar-refractivity contribution in [2.45, 2.75) is 32.4 Å². The Bertz CT molecular complexity index is 369. The van der Waals surface area contributed by atoms with Crippen LogP contribution in [0.3, 0.4) is 0 Å². The molecule has 3 N–H and O–H groups in total. The molecule has 0 aliphatic carbocycles. The highest BCUT2D eigenvalue weighted by Crippen LogP contribution is 2.06. The van der Waals surface area contributed by atoms with Crippen molar-refractivity contribution in [1.29, 1.82) is 0 Å². The number of ether oxygens (including phenoxy) is 1. The summed E-state index contributed by atoms with van der Waals surface area (Å²) in [6.07, 6.45) is 1.59. The van der Waals surface area contributed by atoms with E-state index in [1.165, 1.54) is 0 Å². The predicted octanol–water partition coefficient (Wildman–Crippen LogP) is 0.834. The number of rotatable bonds is 6. The molecule has 0 aromatic carbocycles. The minimum atomic E-state index is -0.439. The molecule has 1 rings (SSSR count). The molecule has 5 nitrogen and oxygen atoms in total. The van der Waals surface area contributed by atoms with Crippen LogP contribution in [0.4, 0.5) is 0 Å². The summed E-state index contributed by atoms with van der Waals surface area (Å²) < 4.78 is 5.00. The van der Waals surface area contributed by atoms with Gasteiger partial charge in [-0.3, -0.25) is 4.79 Å². The lowest BCUT2D eigenvalue weighted by atomic mass is 10.1. The van der Waals surface area contributed by atoms with Crippen LogP contribution in [0.15, 0.2) is 18.2 Å². The SMILES string of the molecule is CCCC(N)C(=O)NCc1cccc(OC)n1. The third kappa shape index (κ3) is 4.40.